The molecule has 0 saturated heterocycles. The molecule has 146 valence electrons. The van der Waals surface area contributed by atoms with Gasteiger partial charge in [-0.3, -0.25) is 14.7 Å². The van der Waals surface area contributed by atoms with E-state index in [4.69, 9.17) is 0 Å². The van der Waals surface area contributed by atoms with Gasteiger partial charge in [0.05, 0.1) is 22.7 Å². The van der Waals surface area contributed by atoms with E-state index in [2.05, 4.69) is 9.97 Å². The van der Waals surface area contributed by atoms with Crippen molar-refractivity contribution in [1.82, 2.24) is 9.97 Å². The summed E-state index contributed by atoms with van der Waals surface area (Å²) in [6.45, 7) is 0.299. The molecular formula is C22H18FN3OS2. The zero-order valence-electron chi connectivity index (χ0n) is 15.5. The first kappa shape index (κ1) is 19.5. The van der Waals surface area contributed by atoms with Gasteiger partial charge in [0, 0.05) is 11.9 Å². The van der Waals surface area contributed by atoms with E-state index in [-0.39, 0.29) is 11.7 Å². The first-order chi connectivity index (χ1) is 14.2. The summed E-state index contributed by atoms with van der Waals surface area (Å²) in [4.78, 5) is 23.4. The summed E-state index contributed by atoms with van der Waals surface area (Å²) in [5.41, 5.74) is 2.22. The molecule has 4 nitrogen and oxygen atoms in total. The van der Waals surface area contributed by atoms with Crippen molar-refractivity contribution in [2.75, 3.05) is 10.7 Å². The zero-order valence-corrected chi connectivity index (χ0v) is 17.1. The van der Waals surface area contributed by atoms with Crippen LogP contribution in [0.3, 0.4) is 0 Å². The van der Waals surface area contributed by atoms with E-state index in [1.165, 1.54) is 23.0 Å². The zero-order chi connectivity index (χ0) is 20.1. The van der Waals surface area contributed by atoms with Gasteiger partial charge in [0.1, 0.15) is 11.3 Å². The van der Waals surface area contributed by atoms with E-state index in [0.29, 0.717) is 22.9 Å². The first-order valence-electron chi connectivity index (χ1n) is 9.08. The summed E-state index contributed by atoms with van der Waals surface area (Å²) < 4.78 is 14.8. The molecule has 0 fully saturated rings. The second kappa shape index (κ2) is 9.15. The summed E-state index contributed by atoms with van der Waals surface area (Å²) in [5, 5.41) is 0.487. The van der Waals surface area contributed by atoms with Crippen LogP contribution in [0.15, 0.2) is 72.9 Å². The molecule has 0 aliphatic carbocycles. The summed E-state index contributed by atoms with van der Waals surface area (Å²) >= 11 is 2.86. The Kier molecular flexibility index (Phi) is 6.17. The Morgan fingerprint density at radius 1 is 1.03 bits per heavy atom. The number of thiazole rings is 1. The predicted molar refractivity (Wildman–Crippen MR) is 118 cm³/mol. The van der Waals surface area contributed by atoms with Crippen molar-refractivity contribution in [3.8, 4) is 0 Å². The number of hydrogen-bond acceptors (Lipinski definition) is 5. The average molecular weight is 424 g/mol. The lowest BCUT2D eigenvalue weighted by Gasteiger charge is -2.19. The van der Waals surface area contributed by atoms with Gasteiger partial charge in [0.15, 0.2) is 5.13 Å². The number of thioether (sulfide) groups is 1. The van der Waals surface area contributed by atoms with Crippen LogP contribution in [0.2, 0.25) is 0 Å². The van der Waals surface area contributed by atoms with Gasteiger partial charge in [-0.15, -0.1) is 11.8 Å². The number of para-hydroxylation sites is 1. The van der Waals surface area contributed by atoms with Crippen molar-refractivity contribution in [2.45, 2.75) is 12.3 Å². The molecule has 2 aromatic heterocycles. The molecule has 1 amide bonds. The smallest absolute Gasteiger partial charge is 0.239 e. The Balaban J connectivity index is 1.55. The van der Waals surface area contributed by atoms with Gasteiger partial charge < -0.3 is 0 Å². The van der Waals surface area contributed by atoms with Crippen molar-refractivity contribution in [3.05, 3.63) is 90.0 Å². The number of nitrogens with zero attached hydrogens (tertiary/aromatic N) is 3. The number of anilines is 1. The van der Waals surface area contributed by atoms with Crippen LogP contribution in [-0.4, -0.2) is 21.6 Å². The summed E-state index contributed by atoms with van der Waals surface area (Å²) in [6.07, 6.45) is 1.69. The van der Waals surface area contributed by atoms with Gasteiger partial charge in [-0.05, 0) is 29.8 Å². The second-order valence-electron chi connectivity index (χ2n) is 6.36. The van der Waals surface area contributed by atoms with E-state index in [0.717, 1.165) is 16.1 Å². The van der Waals surface area contributed by atoms with Crippen LogP contribution in [0.1, 0.15) is 11.3 Å². The van der Waals surface area contributed by atoms with Crippen LogP contribution < -0.4 is 4.90 Å². The van der Waals surface area contributed by atoms with Crippen molar-refractivity contribution in [3.63, 3.8) is 0 Å². The van der Waals surface area contributed by atoms with Crippen LogP contribution in [0.5, 0.6) is 0 Å². The molecule has 4 rings (SSSR count). The van der Waals surface area contributed by atoms with Gasteiger partial charge in [-0.25, -0.2) is 9.37 Å². The number of halogens is 1. The highest BCUT2D eigenvalue weighted by Gasteiger charge is 2.21. The Labute approximate surface area is 176 Å². The molecule has 2 aromatic carbocycles. The number of amides is 1. The number of hydrogen-bond donors (Lipinski definition) is 0. The van der Waals surface area contributed by atoms with Crippen LogP contribution in [0.25, 0.3) is 10.2 Å². The molecule has 7 heteroatoms. The minimum Gasteiger partial charge on any atom is -0.281 e. The molecule has 0 unspecified atom stereocenters. The highest BCUT2D eigenvalue weighted by molar-refractivity contribution is 7.99. The minimum absolute atomic E-state index is 0.0731. The van der Waals surface area contributed by atoms with Crippen molar-refractivity contribution in [1.29, 1.82) is 0 Å². The molecule has 0 spiro atoms. The third kappa shape index (κ3) is 4.81. The topological polar surface area (TPSA) is 46.1 Å². The summed E-state index contributed by atoms with van der Waals surface area (Å²) in [6, 6.07) is 20.5. The highest BCUT2D eigenvalue weighted by Crippen LogP contribution is 2.31. The number of fused-ring (bicyclic) bond motifs is 1. The molecule has 0 aliphatic rings. The lowest BCUT2D eigenvalue weighted by Crippen LogP contribution is -2.32. The number of aromatic nitrogens is 2. The highest BCUT2D eigenvalue weighted by atomic mass is 32.2. The quantitative estimate of drug-likeness (QED) is 0.405. The van der Waals surface area contributed by atoms with Crippen LogP contribution in [-0.2, 0) is 17.1 Å². The van der Waals surface area contributed by atoms with Crippen molar-refractivity contribution >= 4 is 44.4 Å². The lowest BCUT2D eigenvalue weighted by molar-refractivity contribution is -0.116. The Morgan fingerprint density at radius 3 is 2.62 bits per heavy atom. The van der Waals surface area contributed by atoms with E-state index in [1.54, 1.807) is 28.9 Å². The normalized spacial score (nSPS) is 10.9. The Hall–Kier alpha value is -2.77. The summed E-state index contributed by atoms with van der Waals surface area (Å²) in [7, 11) is 0. The maximum atomic E-state index is 14.1. The van der Waals surface area contributed by atoms with Crippen LogP contribution >= 0.6 is 23.1 Å². The van der Waals surface area contributed by atoms with Gasteiger partial charge in [-0.1, -0.05) is 53.8 Å². The monoisotopic (exact) mass is 423 g/mol. The number of carbonyl (C=O) groups is 1. The van der Waals surface area contributed by atoms with Crippen molar-refractivity contribution in [2.24, 2.45) is 0 Å². The molecule has 0 atom stereocenters. The molecule has 0 aliphatic heterocycles. The van der Waals surface area contributed by atoms with Crippen LogP contribution in [0.4, 0.5) is 9.52 Å². The Morgan fingerprint density at radius 2 is 1.86 bits per heavy atom. The number of rotatable bonds is 7. The number of benzene rings is 2. The molecule has 0 saturated carbocycles. The third-order valence-electron chi connectivity index (χ3n) is 4.27. The standard InChI is InChI=1S/C22H18FN3OS2/c23-18-10-6-11-19-21(18)25-22(29-19)26(13-17-9-4-5-12-24-17)20(27)15-28-14-16-7-2-1-3-8-16/h1-12H,13-15H2. The fourth-order valence-corrected chi connectivity index (χ4v) is 4.70. The molecule has 2 heterocycles. The molecule has 29 heavy (non-hydrogen) atoms. The third-order valence-corrected chi connectivity index (χ3v) is 6.31. The van der Waals surface area contributed by atoms with E-state index in [1.807, 2.05) is 54.6 Å². The van der Waals surface area contributed by atoms with Gasteiger partial charge in [0.2, 0.25) is 5.91 Å². The average Bonchev–Trinajstić information content (AvgIpc) is 3.19. The van der Waals surface area contributed by atoms with Crippen LogP contribution in [0, 0.1) is 5.82 Å². The van der Waals surface area contributed by atoms with E-state index in [9.17, 15) is 9.18 Å². The molecular weight excluding hydrogens is 405 g/mol. The summed E-state index contributed by atoms with van der Waals surface area (Å²) in [5.74, 6) is 0.600. The van der Waals surface area contributed by atoms with Crippen molar-refractivity contribution < 1.29 is 9.18 Å². The maximum absolute atomic E-state index is 14.1. The number of pyridine rings is 1. The molecule has 4 aromatic rings. The molecule has 0 bridgehead atoms. The lowest BCUT2D eigenvalue weighted by atomic mass is 10.2. The van der Waals surface area contributed by atoms with Gasteiger partial charge in [-0.2, -0.15) is 0 Å². The number of carbonyl (C=O) groups excluding carboxylic acids is 1. The fraction of sp³-hybridized carbons (Fsp3) is 0.136. The molecule has 0 N–H and O–H groups in total. The Bertz CT molecular complexity index is 1100. The minimum atomic E-state index is -0.381. The molecule has 0 radical (unpaired) electrons. The fourth-order valence-electron chi connectivity index (χ4n) is 2.84. The van der Waals surface area contributed by atoms with Gasteiger partial charge in [0.25, 0.3) is 0 Å². The predicted octanol–water partition coefficient (Wildman–Crippen LogP) is 5.30. The maximum Gasteiger partial charge on any atom is 0.239 e. The largest absolute Gasteiger partial charge is 0.281 e. The van der Waals surface area contributed by atoms with E-state index >= 15 is 0 Å². The van der Waals surface area contributed by atoms with Gasteiger partial charge >= 0.3 is 0 Å². The SMILES string of the molecule is O=C(CSCc1ccccc1)N(Cc1ccccn1)c1nc2c(F)cccc2s1. The first-order valence-corrected chi connectivity index (χ1v) is 11.0. The second-order valence-corrected chi connectivity index (χ2v) is 8.36. The van der Waals surface area contributed by atoms with E-state index < -0.39 is 0 Å².